The molecule has 3 aliphatic rings. The molecule has 6 heteroatoms. The van der Waals surface area contributed by atoms with Crippen molar-refractivity contribution in [3.63, 3.8) is 0 Å². The molecule has 1 atom stereocenters. The predicted molar refractivity (Wildman–Crippen MR) is 116 cm³/mol. The van der Waals surface area contributed by atoms with Gasteiger partial charge in [-0.2, -0.15) is 0 Å². The van der Waals surface area contributed by atoms with E-state index in [9.17, 15) is 9.90 Å². The first-order chi connectivity index (χ1) is 14.4. The van der Waals surface area contributed by atoms with Gasteiger partial charge in [0, 0.05) is 32.6 Å². The number of hydrogen-bond acceptors (Lipinski definition) is 6. The minimum absolute atomic E-state index is 0.00661. The Hall–Kier alpha value is -1.63. The van der Waals surface area contributed by atoms with Crippen LogP contribution >= 0.6 is 0 Å². The molecule has 1 aromatic rings. The number of benzene rings is 1. The van der Waals surface area contributed by atoms with Crippen LogP contribution in [0.5, 0.6) is 5.75 Å². The lowest BCUT2D eigenvalue weighted by atomic mass is 9.76. The minimum Gasteiger partial charge on any atom is -0.492 e. The number of aryl methyl sites for hydroxylation is 2. The van der Waals surface area contributed by atoms with Gasteiger partial charge in [0.1, 0.15) is 18.5 Å². The second kappa shape index (κ2) is 9.25. The van der Waals surface area contributed by atoms with Crippen molar-refractivity contribution >= 4 is 5.97 Å². The molecule has 3 fully saturated rings. The van der Waals surface area contributed by atoms with Gasteiger partial charge in [-0.3, -0.25) is 14.6 Å². The molecule has 30 heavy (non-hydrogen) atoms. The highest BCUT2D eigenvalue weighted by atomic mass is 16.6. The summed E-state index contributed by atoms with van der Waals surface area (Å²) in [4.78, 5) is 17.4. The minimum atomic E-state index is -0.287. The number of carbonyl (C=O) groups excluding carboxylic acids is 1. The topological polar surface area (TPSA) is 62.2 Å². The molecular formula is C24H36N2O4. The van der Waals surface area contributed by atoms with E-state index in [0.29, 0.717) is 6.61 Å². The summed E-state index contributed by atoms with van der Waals surface area (Å²) in [5, 5.41) is 9.68. The lowest BCUT2D eigenvalue weighted by Gasteiger charge is -2.36. The van der Waals surface area contributed by atoms with Gasteiger partial charge >= 0.3 is 5.97 Å². The highest BCUT2D eigenvalue weighted by molar-refractivity contribution is 5.79. The van der Waals surface area contributed by atoms with Crippen molar-refractivity contribution in [2.24, 2.45) is 5.41 Å². The fraction of sp³-hybridized carbons (Fsp3) is 0.708. The molecule has 0 saturated carbocycles. The Balaban J connectivity index is 1.21. The molecule has 1 aromatic carbocycles. The summed E-state index contributed by atoms with van der Waals surface area (Å²) in [6.45, 7) is 10.2. The van der Waals surface area contributed by atoms with Crippen LogP contribution in [0.3, 0.4) is 0 Å². The molecule has 0 radical (unpaired) electrons. The number of aliphatic hydroxyl groups excluding tert-OH is 1. The molecule has 1 spiro atoms. The van der Waals surface area contributed by atoms with E-state index < -0.39 is 0 Å². The van der Waals surface area contributed by atoms with Crippen molar-refractivity contribution in [1.82, 2.24) is 9.80 Å². The zero-order valence-electron chi connectivity index (χ0n) is 18.4. The van der Waals surface area contributed by atoms with Gasteiger partial charge in [0.05, 0.1) is 11.5 Å². The quantitative estimate of drug-likeness (QED) is 0.719. The van der Waals surface area contributed by atoms with E-state index in [1.807, 2.05) is 6.07 Å². The van der Waals surface area contributed by atoms with E-state index in [0.717, 1.165) is 77.1 Å². The van der Waals surface area contributed by atoms with Crippen LogP contribution in [-0.2, 0) is 9.53 Å². The van der Waals surface area contributed by atoms with Gasteiger partial charge in [0.2, 0.25) is 0 Å². The predicted octanol–water partition coefficient (Wildman–Crippen LogP) is 2.54. The van der Waals surface area contributed by atoms with E-state index in [-0.39, 0.29) is 23.6 Å². The van der Waals surface area contributed by atoms with Crippen molar-refractivity contribution in [2.45, 2.75) is 58.2 Å². The first-order valence-corrected chi connectivity index (χ1v) is 11.5. The van der Waals surface area contributed by atoms with Gasteiger partial charge in [0.15, 0.2) is 0 Å². The molecule has 0 bridgehead atoms. The Bertz CT molecular complexity index is 737. The van der Waals surface area contributed by atoms with Crippen molar-refractivity contribution in [1.29, 1.82) is 0 Å². The summed E-state index contributed by atoms with van der Waals surface area (Å²) < 4.78 is 11.8. The summed E-state index contributed by atoms with van der Waals surface area (Å²) in [6.07, 6.45) is 4.09. The molecule has 3 saturated heterocycles. The Morgan fingerprint density at radius 1 is 1.13 bits per heavy atom. The van der Waals surface area contributed by atoms with Crippen molar-refractivity contribution in [3.8, 4) is 5.75 Å². The van der Waals surface area contributed by atoms with Crippen molar-refractivity contribution in [3.05, 3.63) is 29.3 Å². The SMILES string of the molecule is Cc1ccc(OCCN2CCC3(CC2)CC(CN2CCC(O)CC2)OC3=O)c(C)c1. The zero-order chi connectivity index (χ0) is 21.1. The molecule has 0 aliphatic carbocycles. The number of carbonyl (C=O) groups is 1. The molecule has 3 aliphatic heterocycles. The molecule has 0 aromatic heterocycles. The van der Waals surface area contributed by atoms with Crippen LogP contribution in [-0.4, -0.2) is 79.0 Å². The van der Waals surface area contributed by atoms with Gasteiger partial charge in [0.25, 0.3) is 0 Å². The maximum absolute atomic E-state index is 12.7. The monoisotopic (exact) mass is 416 g/mol. The standard InChI is InChI=1S/C24H36N2O4/c1-18-3-4-22(19(2)15-18)29-14-13-25-11-7-24(8-12-25)16-21(30-23(24)28)17-26-9-5-20(27)6-10-26/h3-4,15,20-21,27H,5-14,16-17H2,1-2H3. The number of ether oxygens (including phenoxy) is 2. The van der Waals surface area contributed by atoms with Gasteiger partial charge in [-0.05, 0) is 64.3 Å². The van der Waals surface area contributed by atoms with Crippen LogP contribution in [0.4, 0.5) is 0 Å². The fourth-order valence-electron chi connectivity index (χ4n) is 5.19. The smallest absolute Gasteiger partial charge is 0.312 e. The van der Waals surface area contributed by atoms with Crippen LogP contribution < -0.4 is 4.74 Å². The average molecular weight is 417 g/mol. The normalized spacial score (nSPS) is 25.6. The number of likely N-dealkylation sites (tertiary alicyclic amines) is 2. The van der Waals surface area contributed by atoms with Crippen molar-refractivity contribution in [2.75, 3.05) is 45.9 Å². The number of piperidine rings is 2. The number of cyclic esters (lactones) is 1. The van der Waals surface area contributed by atoms with E-state index in [2.05, 4.69) is 35.8 Å². The van der Waals surface area contributed by atoms with Gasteiger partial charge < -0.3 is 14.6 Å². The van der Waals surface area contributed by atoms with E-state index in [4.69, 9.17) is 9.47 Å². The third kappa shape index (κ3) is 4.98. The van der Waals surface area contributed by atoms with Gasteiger partial charge in [-0.15, -0.1) is 0 Å². The number of esters is 1. The molecular weight excluding hydrogens is 380 g/mol. The van der Waals surface area contributed by atoms with Crippen LogP contribution in [0, 0.1) is 19.3 Å². The highest BCUT2D eigenvalue weighted by Crippen LogP contribution is 2.43. The molecule has 6 nitrogen and oxygen atoms in total. The Labute approximate surface area is 180 Å². The number of nitrogens with zero attached hydrogens (tertiary/aromatic N) is 2. The number of aliphatic hydroxyl groups is 1. The van der Waals surface area contributed by atoms with Crippen molar-refractivity contribution < 1.29 is 19.4 Å². The second-order valence-corrected chi connectivity index (χ2v) is 9.50. The zero-order valence-corrected chi connectivity index (χ0v) is 18.4. The summed E-state index contributed by atoms with van der Waals surface area (Å²) in [7, 11) is 0. The summed E-state index contributed by atoms with van der Waals surface area (Å²) >= 11 is 0. The van der Waals surface area contributed by atoms with E-state index in [1.165, 1.54) is 11.1 Å². The van der Waals surface area contributed by atoms with Crippen LogP contribution in [0.15, 0.2) is 18.2 Å². The van der Waals surface area contributed by atoms with E-state index in [1.54, 1.807) is 0 Å². The second-order valence-electron chi connectivity index (χ2n) is 9.50. The van der Waals surface area contributed by atoms with Crippen LogP contribution in [0.1, 0.15) is 43.2 Å². The molecule has 166 valence electrons. The maximum Gasteiger partial charge on any atom is 0.312 e. The first-order valence-electron chi connectivity index (χ1n) is 11.5. The maximum atomic E-state index is 12.7. The first kappa shape index (κ1) is 21.6. The largest absolute Gasteiger partial charge is 0.492 e. The average Bonchev–Trinajstić information content (AvgIpc) is 3.01. The lowest BCUT2D eigenvalue weighted by molar-refractivity contribution is -0.151. The van der Waals surface area contributed by atoms with Gasteiger partial charge in [-0.25, -0.2) is 0 Å². The molecule has 4 rings (SSSR count). The molecule has 3 heterocycles. The highest BCUT2D eigenvalue weighted by Gasteiger charge is 2.50. The summed E-state index contributed by atoms with van der Waals surface area (Å²) in [5.74, 6) is 0.970. The van der Waals surface area contributed by atoms with Crippen LogP contribution in [0.25, 0.3) is 0 Å². The molecule has 1 unspecified atom stereocenters. The lowest BCUT2D eigenvalue weighted by Crippen LogP contribution is -2.44. The summed E-state index contributed by atoms with van der Waals surface area (Å²) in [6, 6.07) is 6.28. The molecule has 0 amide bonds. The van der Waals surface area contributed by atoms with E-state index >= 15 is 0 Å². The summed E-state index contributed by atoms with van der Waals surface area (Å²) in [5.41, 5.74) is 2.14. The van der Waals surface area contributed by atoms with Gasteiger partial charge in [-0.1, -0.05) is 17.7 Å². The third-order valence-corrected chi connectivity index (χ3v) is 7.15. The Morgan fingerprint density at radius 2 is 1.87 bits per heavy atom. The number of rotatable bonds is 6. The Morgan fingerprint density at radius 3 is 2.57 bits per heavy atom. The number of hydrogen-bond donors (Lipinski definition) is 1. The fourth-order valence-corrected chi connectivity index (χ4v) is 5.19. The van der Waals surface area contributed by atoms with Crippen LogP contribution in [0.2, 0.25) is 0 Å². The third-order valence-electron chi connectivity index (χ3n) is 7.15. The Kier molecular flexibility index (Phi) is 6.66. The molecule has 1 N–H and O–H groups in total.